The summed E-state index contributed by atoms with van der Waals surface area (Å²) in [7, 11) is 0. The lowest BCUT2D eigenvalue weighted by atomic mass is 10.0. The van der Waals surface area contributed by atoms with Crippen LogP contribution in [-0.4, -0.2) is 25.1 Å². The van der Waals surface area contributed by atoms with Gasteiger partial charge in [0.2, 0.25) is 0 Å². The van der Waals surface area contributed by atoms with E-state index in [2.05, 4.69) is 25.2 Å². The van der Waals surface area contributed by atoms with Gasteiger partial charge in [-0.1, -0.05) is 26.0 Å². The highest BCUT2D eigenvalue weighted by atomic mass is 16.5. The van der Waals surface area contributed by atoms with Crippen molar-refractivity contribution in [3.63, 3.8) is 0 Å². The van der Waals surface area contributed by atoms with Crippen LogP contribution < -0.4 is 15.8 Å². The number of hydrogen-bond acceptors (Lipinski definition) is 3. The molecular weight excluding hydrogens is 240 g/mol. The van der Waals surface area contributed by atoms with Crippen LogP contribution in [0.15, 0.2) is 24.3 Å². The minimum atomic E-state index is -0.500. The molecule has 1 atom stereocenters. The molecule has 0 spiro atoms. The standard InChI is InChI=1S/C15H24N2O2/c1-11(2)13-6-4-7-14(10-13)19-12(3)15(18)17-9-5-8-16/h4,6-7,10-12H,5,8-9,16H2,1-3H3,(H,17,18). The highest BCUT2D eigenvalue weighted by Crippen LogP contribution is 2.20. The topological polar surface area (TPSA) is 64.3 Å². The summed E-state index contributed by atoms with van der Waals surface area (Å²) < 4.78 is 5.65. The van der Waals surface area contributed by atoms with E-state index in [1.54, 1.807) is 6.92 Å². The van der Waals surface area contributed by atoms with Crippen LogP contribution >= 0.6 is 0 Å². The van der Waals surface area contributed by atoms with E-state index in [9.17, 15) is 4.79 Å². The zero-order valence-electron chi connectivity index (χ0n) is 12.0. The number of hydrogen-bond donors (Lipinski definition) is 2. The van der Waals surface area contributed by atoms with E-state index in [0.29, 0.717) is 19.0 Å². The average molecular weight is 264 g/mol. The highest BCUT2D eigenvalue weighted by Gasteiger charge is 2.14. The molecule has 4 nitrogen and oxygen atoms in total. The maximum atomic E-state index is 11.8. The van der Waals surface area contributed by atoms with Crippen molar-refractivity contribution in [3.8, 4) is 5.75 Å². The molecule has 0 aliphatic carbocycles. The summed E-state index contributed by atoms with van der Waals surface area (Å²) in [5.74, 6) is 1.06. The first-order chi connectivity index (χ1) is 9.04. The third kappa shape index (κ3) is 5.30. The van der Waals surface area contributed by atoms with Gasteiger partial charge in [0.1, 0.15) is 5.75 Å². The van der Waals surface area contributed by atoms with Crippen LogP contribution in [0.5, 0.6) is 5.75 Å². The van der Waals surface area contributed by atoms with Gasteiger partial charge >= 0.3 is 0 Å². The number of rotatable bonds is 7. The molecule has 0 aliphatic rings. The fraction of sp³-hybridized carbons (Fsp3) is 0.533. The zero-order valence-corrected chi connectivity index (χ0v) is 12.0. The summed E-state index contributed by atoms with van der Waals surface area (Å²) in [5.41, 5.74) is 6.58. The fourth-order valence-electron chi connectivity index (χ4n) is 1.66. The Balaban J connectivity index is 2.53. The van der Waals surface area contributed by atoms with E-state index in [1.165, 1.54) is 5.56 Å². The maximum absolute atomic E-state index is 11.8. The second-order valence-electron chi connectivity index (χ2n) is 4.92. The molecule has 0 heterocycles. The van der Waals surface area contributed by atoms with E-state index < -0.39 is 6.10 Å². The largest absolute Gasteiger partial charge is 0.481 e. The third-order valence-electron chi connectivity index (χ3n) is 2.89. The second-order valence-corrected chi connectivity index (χ2v) is 4.92. The van der Waals surface area contributed by atoms with Crippen LogP contribution in [0, 0.1) is 0 Å². The van der Waals surface area contributed by atoms with E-state index in [1.807, 2.05) is 18.2 Å². The van der Waals surface area contributed by atoms with Gasteiger partial charge in [-0.15, -0.1) is 0 Å². The van der Waals surface area contributed by atoms with Gasteiger partial charge in [-0.3, -0.25) is 4.79 Å². The summed E-state index contributed by atoms with van der Waals surface area (Å²) in [5, 5.41) is 2.80. The molecule has 1 amide bonds. The van der Waals surface area contributed by atoms with Gasteiger partial charge in [0.05, 0.1) is 0 Å². The van der Waals surface area contributed by atoms with Gasteiger partial charge in [0, 0.05) is 6.54 Å². The van der Waals surface area contributed by atoms with Crippen molar-refractivity contribution in [1.29, 1.82) is 0 Å². The smallest absolute Gasteiger partial charge is 0.260 e. The molecule has 0 saturated carbocycles. The Morgan fingerprint density at radius 1 is 1.37 bits per heavy atom. The Hall–Kier alpha value is -1.55. The number of carbonyl (C=O) groups excluding carboxylic acids is 1. The summed E-state index contributed by atoms with van der Waals surface area (Å²) in [4.78, 5) is 11.8. The molecule has 0 radical (unpaired) electrons. The molecule has 1 aromatic rings. The van der Waals surface area contributed by atoms with E-state index >= 15 is 0 Å². The molecule has 0 aliphatic heterocycles. The Kier molecular flexibility index (Phi) is 6.36. The van der Waals surface area contributed by atoms with Crippen molar-refractivity contribution in [1.82, 2.24) is 5.32 Å². The first-order valence-corrected chi connectivity index (χ1v) is 6.79. The SMILES string of the molecule is CC(Oc1cccc(C(C)C)c1)C(=O)NCCCN. The number of nitrogens with one attached hydrogen (secondary N) is 1. The van der Waals surface area contributed by atoms with E-state index in [0.717, 1.165) is 12.2 Å². The van der Waals surface area contributed by atoms with Crippen LogP contribution in [0.25, 0.3) is 0 Å². The normalized spacial score (nSPS) is 12.3. The van der Waals surface area contributed by atoms with Crippen molar-refractivity contribution in [2.24, 2.45) is 5.73 Å². The Morgan fingerprint density at radius 3 is 2.74 bits per heavy atom. The van der Waals surface area contributed by atoms with Gasteiger partial charge in [-0.2, -0.15) is 0 Å². The number of amides is 1. The minimum Gasteiger partial charge on any atom is -0.481 e. The van der Waals surface area contributed by atoms with Gasteiger partial charge in [0.25, 0.3) is 5.91 Å². The van der Waals surface area contributed by atoms with Crippen molar-refractivity contribution in [2.75, 3.05) is 13.1 Å². The summed E-state index contributed by atoms with van der Waals surface area (Å²) in [6, 6.07) is 7.86. The maximum Gasteiger partial charge on any atom is 0.260 e. The van der Waals surface area contributed by atoms with Crippen LogP contribution in [0.1, 0.15) is 38.7 Å². The lowest BCUT2D eigenvalue weighted by Crippen LogP contribution is -2.37. The summed E-state index contributed by atoms with van der Waals surface area (Å²) in [6.45, 7) is 7.17. The Bertz CT molecular complexity index is 405. The molecule has 0 saturated heterocycles. The lowest BCUT2D eigenvalue weighted by Gasteiger charge is -2.16. The van der Waals surface area contributed by atoms with Crippen LogP contribution in [0.4, 0.5) is 0 Å². The molecule has 1 unspecified atom stereocenters. The summed E-state index contributed by atoms with van der Waals surface area (Å²) >= 11 is 0. The van der Waals surface area contributed by atoms with Crippen molar-refractivity contribution in [3.05, 3.63) is 29.8 Å². The first kappa shape index (κ1) is 15.5. The number of benzene rings is 1. The predicted octanol–water partition coefficient (Wildman–Crippen LogP) is 2.04. The Morgan fingerprint density at radius 2 is 2.11 bits per heavy atom. The zero-order chi connectivity index (χ0) is 14.3. The summed E-state index contributed by atoms with van der Waals surface area (Å²) in [6.07, 6.45) is 0.279. The van der Waals surface area contributed by atoms with Crippen molar-refractivity contribution in [2.45, 2.75) is 39.2 Å². The molecule has 1 aromatic carbocycles. The van der Waals surface area contributed by atoms with Crippen molar-refractivity contribution < 1.29 is 9.53 Å². The van der Waals surface area contributed by atoms with Gasteiger partial charge < -0.3 is 15.8 Å². The van der Waals surface area contributed by atoms with E-state index in [-0.39, 0.29) is 5.91 Å². The van der Waals surface area contributed by atoms with Crippen molar-refractivity contribution >= 4 is 5.91 Å². The molecule has 4 heteroatoms. The number of ether oxygens (including phenoxy) is 1. The average Bonchev–Trinajstić information content (AvgIpc) is 2.39. The Labute approximate surface area is 115 Å². The molecule has 0 aromatic heterocycles. The van der Waals surface area contributed by atoms with Gasteiger partial charge in [0.15, 0.2) is 6.10 Å². The number of nitrogens with two attached hydrogens (primary N) is 1. The first-order valence-electron chi connectivity index (χ1n) is 6.79. The quantitative estimate of drug-likeness (QED) is 0.741. The van der Waals surface area contributed by atoms with E-state index in [4.69, 9.17) is 10.5 Å². The molecule has 0 bridgehead atoms. The van der Waals surface area contributed by atoms with Crippen LogP contribution in [0.3, 0.4) is 0 Å². The molecule has 106 valence electrons. The minimum absolute atomic E-state index is 0.108. The number of carbonyl (C=O) groups is 1. The monoisotopic (exact) mass is 264 g/mol. The predicted molar refractivity (Wildman–Crippen MR) is 77.3 cm³/mol. The molecule has 19 heavy (non-hydrogen) atoms. The highest BCUT2D eigenvalue weighted by molar-refractivity contribution is 5.80. The molecule has 1 rings (SSSR count). The van der Waals surface area contributed by atoms with Crippen LogP contribution in [0.2, 0.25) is 0 Å². The third-order valence-corrected chi connectivity index (χ3v) is 2.89. The van der Waals surface area contributed by atoms with Crippen LogP contribution in [-0.2, 0) is 4.79 Å². The van der Waals surface area contributed by atoms with Gasteiger partial charge in [-0.05, 0) is 43.5 Å². The second kappa shape index (κ2) is 7.79. The van der Waals surface area contributed by atoms with Gasteiger partial charge in [-0.25, -0.2) is 0 Å². The molecule has 0 fully saturated rings. The fourth-order valence-corrected chi connectivity index (χ4v) is 1.66. The molecule has 3 N–H and O–H groups in total. The molecular formula is C15H24N2O2. The lowest BCUT2D eigenvalue weighted by molar-refractivity contribution is -0.127.